The molecule has 4 unspecified atom stereocenters. The predicted molar refractivity (Wildman–Crippen MR) is 41.0 cm³/mol. The molecule has 2 fully saturated rings. The van der Waals surface area contributed by atoms with Crippen LogP contribution in [0, 0.1) is 17.8 Å². The van der Waals surface area contributed by atoms with E-state index in [9.17, 15) is 5.11 Å². The van der Waals surface area contributed by atoms with Crippen LogP contribution in [0.3, 0.4) is 0 Å². The Kier molecular flexibility index (Phi) is 1.87. The average Bonchev–Trinajstić information content (AvgIpc) is 2.25. The van der Waals surface area contributed by atoms with Crippen molar-refractivity contribution in [2.75, 3.05) is 19.7 Å². The zero-order valence-corrected chi connectivity index (χ0v) is 6.53. The van der Waals surface area contributed by atoms with Gasteiger partial charge in [-0.05, 0) is 24.8 Å². The van der Waals surface area contributed by atoms with Crippen molar-refractivity contribution in [3.63, 3.8) is 0 Å². The van der Waals surface area contributed by atoms with Crippen molar-refractivity contribution in [1.82, 2.24) is 5.32 Å². The van der Waals surface area contributed by atoms with E-state index in [0.717, 1.165) is 19.5 Å². The molecule has 1 heterocycles. The first-order valence-corrected chi connectivity index (χ1v) is 4.32. The van der Waals surface area contributed by atoms with Gasteiger partial charge in [-0.25, -0.2) is 0 Å². The van der Waals surface area contributed by atoms with Crippen LogP contribution in [0.5, 0.6) is 0 Å². The fourth-order valence-electron chi connectivity index (χ4n) is 2.48. The quantitative estimate of drug-likeness (QED) is 0.467. The minimum absolute atomic E-state index is 0.134. The summed E-state index contributed by atoms with van der Waals surface area (Å²) in [6.45, 7) is 2.04. The van der Waals surface area contributed by atoms with Gasteiger partial charge in [0, 0.05) is 19.1 Å². The number of aliphatic hydroxyl groups is 2. The van der Waals surface area contributed by atoms with Gasteiger partial charge in [-0.3, -0.25) is 0 Å². The SMILES string of the molecule is OCC1C2CNCC(C2)C1O. The molecule has 0 amide bonds. The highest BCUT2D eigenvalue weighted by Gasteiger charge is 2.43. The van der Waals surface area contributed by atoms with Crippen molar-refractivity contribution in [1.29, 1.82) is 0 Å². The highest BCUT2D eigenvalue weighted by molar-refractivity contribution is 4.95. The van der Waals surface area contributed by atoms with Gasteiger partial charge in [-0.15, -0.1) is 0 Å². The van der Waals surface area contributed by atoms with Gasteiger partial charge in [-0.2, -0.15) is 0 Å². The third-order valence-electron chi connectivity index (χ3n) is 3.16. The molecule has 1 saturated heterocycles. The second-order valence-corrected chi connectivity index (χ2v) is 3.75. The smallest absolute Gasteiger partial charge is 0.0633 e. The summed E-state index contributed by atoms with van der Waals surface area (Å²) in [4.78, 5) is 0. The molecule has 0 aromatic rings. The Labute approximate surface area is 66.4 Å². The molecular formula is C8H15NO2. The van der Waals surface area contributed by atoms with Gasteiger partial charge in [0.05, 0.1) is 6.10 Å². The van der Waals surface area contributed by atoms with Crippen LogP contribution in [0.1, 0.15) is 6.42 Å². The fraction of sp³-hybridized carbons (Fsp3) is 1.00. The van der Waals surface area contributed by atoms with Gasteiger partial charge in [0.15, 0.2) is 0 Å². The monoisotopic (exact) mass is 157 g/mol. The summed E-state index contributed by atoms with van der Waals surface area (Å²) >= 11 is 0. The molecule has 4 atom stereocenters. The summed E-state index contributed by atoms with van der Waals surface area (Å²) in [6.07, 6.45) is 0.833. The molecule has 0 spiro atoms. The van der Waals surface area contributed by atoms with E-state index in [1.807, 2.05) is 0 Å². The van der Waals surface area contributed by atoms with Crippen LogP contribution in [-0.2, 0) is 0 Å². The number of piperidine rings is 1. The summed E-state index contributed by atoms with van der Waals surface area (Å²) < 4.78 is 0. The van der Waals surface area contributed by atoms with Crippen molar-refractivity contribution in [2.45, 2.75) is 12.5 Å². The Morgan fingerprint density at radius 3 is 2.64 bits per heavy atom. The van der Waals surface area contributed by atoms with Crippen LogP contribution in [0.15, 0.2) is 0 Å². The van der Waals surface area contributed by atoms with E-state index < -0.39 is 0 Å². The van der Waals surface area contributed by atoms with Crippen molar-refractivity contribution in [2.24, 2.45) is 17.8 Å². The Bertz CT molecular complexity index is 149. The lowest BCUT2D eigenvalue weighted by molar-refractivity contribution is 0.0585. The van der Waals surface area contributed by atoms with Crippen LogP contribution in [0.4, 0.5) is 0 Å². The number of aliphatic hydroxyl groups excluding tert-OH is 2. The van der Waals surface area contributed by atoms with Gasteiger partial charge >= 0.3 is 0 Å². The highest BCUT2D eigenvalue weighted by Crippen LogP contribution is 2.38. The lowest BCUT2D eigenvalue weighted by Crippen LogP contribution is -2.32. The number of fused-ring (bicyclic) bond motifs is 2. The number of hydrogen-bond donors (Lipinski definition) is 3. The zero-order valence-electron chi connectivity index (χ0n) is 6.53. The van der Waals surface area contributed by atoms with E-state index in [1.54, 1.807) is 0 Å². The molecule has 64 valence electrons. The van der Waals surface area contributed by atoms with Crippen molar-refractivity contribution in [3.05, 3.63) is 0 Å². The molecule has 3 heteroatoms. The van der Waals surface area contributed by atoms with Crippen LogP contribution in [0.2, 0.25) is 0 Å². The minimum Gasteiger partial charge on any atom is -0.396 e. The summed E-state index contributed by atoms with van der Waals surface area (Å²) in [5, 5.41) is 21.9. The second kappa shape index (κ2) is 2.73. The van der Waals surface area contributed by atoms with E-state index in [0.29, 0.717) is 11.8 Å². The Morgan fingerprint density at radius 1 is 1.27 bits per heavy atom. The maximum Gasteiger partial charge on any atom is 0.0633 e. The van der Waals surface area contributed by atoms with E-state index >= 15 is 0 Å². The largest absolute Gasteiger partial charge is 0.396 e. The van der Waals surface area contributed by atoms with E-state index in [4.69, 9.17) is 5.11 Å². The lowest BCUT2D eigenvalue weighted by Gasteiger charge is -2.20. The third-order valence-corrected chi connectivity index (χ3v) is 3.16. The maximum absolute atomic E-state index is 9.66. The molecular weight excluding hydrogens is 142 g/mol. The molecule has 2 aliphatic rings. The number of rotatable bonds is 1. The van der Waals surface area contributed by atoms with E-state index in [1.165, 1.54) is 0 Å². The molecule has 1 saturated carbocycles. The minimum atomic E-state index is -0.264. The van der Waals surface area contributed by atoms with Gasteiger partial charge < -0.3 is 15.5 Å². The van der Waals surface area contributed by atoms with Crippen molar-refractivity contribution in [3.8, 4) is 0 Å². The van der Waals surface area contributed by atoms with Gasteiger partial charge in [0.25, 0.3) is 0 Å². The van der Waals surface area contributed by atoms with E-state index in [-0.39, 0.29) is 18.6 Å². The molecule has 0 aromatic heterocycles. The molecule has 3 N–H and O–H groups in total. The number of hydrogen-bond acceptors (Lipinski definition) is 3. The maximum atomic E-state index is 9.66. The van der Waals surface area contributed by atoms with Crippen LogP contribution in [0.25, 0.3) is 0 Å². The highest BCUT2D eigenvalue weighted by atomic mass is 16.3. The fourth-order valence-corrected chi connectivity index (χ4v) is 2.48. The number of nitrogens with one attached hydrogen (secondary N) is 1. The van der Waals surface area contributed by atoms with Crippen molar-refractivity contribution < 1.29 is 10.2 Å². The topological polar surface area (TPSA) is 52.5 Å². The molecule has 1 aliphatic carbocycles. The standard InChI is InChI=1S/C8H15NO2/c10-4-7-5-1-6(8(7)11)3-9-2-5/h5-11H,1-4H2. The molecule has 0 aromatic carbocycles. The summed E-state index contributed by atoms with van der Waals surface area (Å²) in [6, 6.07) is 0. The Balaban J connectivity index is 2.10. The van der Waals surface area contributed by atoms with Crippen LogP contribution >= 0.6 is 0 Å². The lowest BCUT2D eigenvalue weighted by atomic mass is 9.96. The Morgan fingerprint density at radius 2 is 2.00 bits per heavy atom. The average molecular weight is 157 g/mol. The zero-order chi connectivity index (χ0) is 7.84. The predicted octanol–water partition coefficient (Wildman–Crippen LogP) is -0.805. The normalized spacial score (nSPS) is 49.6. The molecule has 3 nitrogen and oxygen atoms in total. The first kappa shape index (κ1) is 7.53. The first-order valence-electron chi connectivity index (χ1n) is 4.32. The summed E-state index contributed by atoms with van der Waals surface area (Å²) in [5.41, 5.74) is 0. The van der Waals surface area contributed by atoms with Gasteiger partial charge in [-0.1, -0.05) is 0 Å². The molecule has 0 radical (unpaired) electrons. The summed E-state index contributed by atoms with van der Waals surface area (Å²) in [5.74, 6) is 1.04. The van der Waals surface area contributed by atoms with E-state index in [2.05, 4.69) is 5.32 Å². The Hall–Kier alpha value is -0.120. The molecule has 2 bridgehead atoms. The van der Waals surface area contributed by atoms with Gasteiger partial charge in [0.1, 0.15) is 0 Å². The second-order valence-electron chi connectivity index (χ2n) is 3.75. The van der Waals surface area contributed by atoms with Crippen LogP contribution in [-0.4, -0.2) is 36.0 Å². The summed E-state index contributed by atoms with van der Waals surface area (Å²) in [7, 11) is 0. The third kappa shape index (κ3) is 1.08. The van der Waals surface area contributed by atoms with Crippen molar-refractivity contribution >= 4 is 0 Å². The van der Waals surface area contributed by atoms with Crippen LogP contribution < -0.4 is 5.32 Å². The first-order chi connectivity index (χ1) is 5.33. The molecule has 11 heavy (non-hydrogen) atoms. The molecule has 2 rings (SSSR count). The van der Waals surface area contributed by atoms with Gasteiger partial charge in [0.2, 0.25) is 0 Å². The molecule has 1 aliphatic heterocycles.